The molecule has 3 nitrogen and oxygen atoms in total. The molecule has 1 atom stereocenters. The van der Waals surface area contributed by atoms with Gasteiger partial charge in [-0.2, -0.15) is 0 Å². The van der Waals surface area contributed by atoms with Crippen LogP contribution in [0.5, 0.6) is 0 Å². The van der Waals surface area contributed by atoms with Crippen LogP contribution in [0.4, 0.5) is 5.82 Å². The van der Waals surface area contributed by atoms with E-state index in [0.29, 0.717) is 5.92 Å². The average Bonchev–Trinajstić information content (AvgIpc) is 2.26. The molecule has 1 N–H and O–H groups in total. The van der Waals surface area contributed by atoms with Crippen LogP contribution in [0.25, 0.3) is 0 Å². The predicted octanol–water partition coefficient (Wildman–Crippen LogP) is 2.85. The zero-order chi connectivity index (χ0) is 11.1. The van der Waals surface area contributed by atoms with Gasteiger partial charge in [0.05, 0.1) is 5.69 Å². The summed E-state index contributed by atoms with van der Waals surface area (Å²) in [5.74, 6) is 2.22. The Morgan fingerprint density at radius 2 is 2.13 bits per heavy atom. The molecule has 1 unspecified atom stereocenters. The third-order valence-electron chi connectivity index (χ3n) is 2.53. The van der Waals surface area contributed by atoms with Crippen LogP contribution >= 0.6 is 11.6 Å². The summed E-state index contributed by atoms with van der Waals surface area (Å²) in [7, 11) is 0. The summed E-state index contributed by atoms with van der Waals surface area (Å²) < 4.78 is 0. The second-order valence-corrected chi connectivity index (χ2v) is 4.00. The van der Waals surface area contributed by atoms with Crippen molar-refractivity contribution >= 4 is 17.4 Å². The van der Waals surface area contributed by atoms with Crippen LogP contribution in [0.2, 0.25) is 0 Å². The number of hydrogen-bond donors (Lipinski definition) is 1. The van der Waals surface area contributed by atoms with E-state index in [9.17, 15) is 0 Å². The minimum atomic E-state index is 0.615. The topological polar surface area (TPSA) is 37.8 Å². The lowest BCUT2D eigenvalue weighted by atomic mass is 10.0. The fraction of sp³-hybridized carbons (Fsp3) is 0.636. The van der Waals surface area contributed by atoms with E-state index >= 15 is 0 Å². The first-order valence-electron chi connectivity index (χ1n) is 5.35. The summed E-state index contributed by atoms with van der Waals surface area (Å²) in [6, 6.07) is 0. The molecule has 4 heteroatoms. The summed E-state index contributed by atoms with van der Waals surface area (Å²) in [5, 5.41) is 3.32. The van der Waals surface area contributed by atoms with Crippen molar-refractivity contribution in [2.24, 2.45) is 5.92 Å². The van der Waals surface area contributed by atoms with Crippen LogP contribution in [0.3, 0.4) is 0 Å². The summed E-state index contributed by atoms with van der Waals surface area (Å²) >= 11 is 5.73. The van der Waals surface area contributed by atoms with E-state index in [-0.39, 0.29) is 0 Å². The number of hydrogen-bond acceptors (Lipinski definition) is 3. The number of nitrogens with one attached hydrogen (secondary N) is 1. The number of halogens is 1. The minimum absolute atomic E-state index is 0.615. The van der Waals surface area contributed by atoms with Crippen LogP contribution < -0.4 is 5.32 Å². The van der Waals surface area contributed by atoms with Crippen LogP contribution in [0.1, 0.15) is 25.5 Å². The van der Waals surface area contributed by atoms with Crippen molar-refractivity contribution < 1.29 is 0 Å². The maximum absolute atomic E-state index is 5.73. The number of rotatable bonds is 6. The number of nitrogens with zero attached hydrogens (tertiary/aromatic N) is 2. The minimum Gasteiger partial charge on any atom is -0.368 e. The molecule has 0 bridgehead atoms. The lowest BCUT2D eigenvalue weighted by Gasteiger charge is -2.15. The molecule has 0 amide bonds. The summed E-state index contributed by atoms with van der Waals surface area (Å²) in [5.41, 5.74) is 0.943. The van der Waals surface area contributed by atoms with E-state index in [4.69, 9.17) is 11.6 Å². The van der Waals surface area contributed by atoms with E-state index in [1.165, 1.54) is 0 Å². The van der Waals surface area contributed by atoms with E-state index in [1.54, 1.807) is 12.4 Å². The van der Waals surface area contributed by atoms with E-state index < -0.39 is 0 Å². The summed E-state index contributed by atoms with van der Waals surface area (Å²) in [4.78, 5) is 8.42. The van der Waals surface area contributed by atoms with Crippen molar-refractivity contribution in [1.29, 1.82) is 0 Å². The van der Waals surface area contributed by atoms with Gasteiger partial charge in [-0.05, 0) is 19.3 Å². The van der Waals surface area contributed by atoms with Gasteiger partial charge in [0.15, 0.2) is 0 Å². The van der Waals surface area contributed by atoms with Crippen molar-refractivity contribution in [2.75, 3.05) is 17.7 Å². The Morgan fingerprint density at radius 1 is 1.40 bits per heavy atom. The van der Waals surface area contributed by atoms with Gasteiger partial charge in [0.25, 0.3) is 0 Å². The van der Waals surface area contributed by atoms with Gasteiger partial charge in [-0.15, -0.1) is 11.6 Å². The molecule has 0 aliphatic rings. The molecule has 1 rings (SSSR count). The molecule has 0 saturated carbocycles. The highest BCUT2D eigenvalue weighted by atomic mass is 35.5. The zero-order valence-corrected chi connectivity index (χ0v) is 10.1. The largest absolute Gasteiger partial charge is 0.368 e. The first kappa shape index (κ1) is 12.2. The Labute approximate surface area is 96.3 Å². The molecule has 0 spiro atoms. The predicted molar refractivity (Wildman–Crippen MR) is 64.4 cm³/mol. The Bertz CT molecular complexity index is 291. The molecule has 0 fully saturated rings. The highest BCUT2D eigenvalue weighted by Crippen LogP contribution is 2.12. The Hall–Kier alpha value is -0.830. The number of alkyl halides is 1. The van der Waals surface area contributed by atoms with Gasteiger partial charge < -0.3 is 5.32 Å². The number of aromatic nitrogens is 2. The maximum atomic E-state index is 5.73. The van der Waals surface area contributed by atoms with E-state index in [2.05, 4.69) is 22.2 Å². The zero-order valence-electron chi connectivity index (χ0n) is 9.33. The third kappa shape index (κ3) is 4.04. The molecule has 0 saturated heterocycles. The Kier molecular flexibility index (Phi) is 5.40. The average molecular weight is 228 g/mol. The smallest absolute Gasteiger partial charge is 0.147 e. The first-order valence-corrected chi connectivity index (χ1v) is 5.88. The van der Waals surface area contributed by atoms with Gasteiger partial charge in [-0.1, -0.05) is 13.3 Å². The monoisotopic (exact) mass is 227 g/mol. The molecule has 1 aromatic heterocycles. The maximum Gasteiger partial charge on any atom is 0.147 e. The summed E-state index contributed by atoms with van der Waals surface area (Å²) in [6.07, 6.45) is 5.60. The van der Waals surface area contributed by atoms with Gasteiger partial charge in [0, 0.05) is 24.8 Å². The molecule has 1 heterocycles. The molecule has 15 heavy (non-hydrogen) atoms. The molecule has 0 radical (unpaired) electrons. The number of aryl methyl sites for hydroxylation is 1. The number of anilines is 1. The lowest BCUT2D eigenvalue weighted by molar-refractivity contribution is 0.521. The second kappa shape index (κ2) is 6.62. The Balaban J connectivity index is 2.45. The molecule has 0 aliphatic heterocycles. The van der Waals surface area contributed by atoms with Crippen molar-refractivity contribution in [1.82, 2.24) is 9.97 Å². The quantitative estimate of drug-likeness (QED) is 0.760. The van der Waals surface area contributed by atoms with Crippen molar-refractivity contribution in [2.45, 2.75) is 26.7 Å². The first-order chi connectivity index (χ1) is 7.27. The van der Waals surface area contributed by atoms with Crippen LogP contribution in [0, 0.1) is 12.8 Å². The van der Waals surface area contributed by atoms with E-state index in [1.807, 2.05) is 6.92 Å². The molecule has 1 aromatic rings. The molecule has 0 aromatic carbocycles. The lowest BCUT2D eigenvalue weighted by Crippen LogP contribution is -2.15. The molecular weight excluding hydrogens is 210 g/mol. The SMILES string of the molecule is CCC(CCCl)CNc1nccnc1C. The van der Waals surface area contributed by atoms with Gasteiger partial charge in [0.1, 0.15) is 5.82 Å². The van der Waals surface area contributed by atoms with E-state index in [0.717, 1.165) is 36.8 Å². The standard InChI is InChI=1S/C11H18ClN3/c1-3-10(4-5-12)8-15-11-9(2)13-6-7-14-11/h6-7,10H,3-5,8H2,1-2H3,(H,14,15). The van der Waals surface area contributed by atoms with Gasteiger partial charge in [-0.3, -0.25) is 4.98 Å². The van der Waals surface area contributed by atoms with Gasteiger partial charge in [-0.25, -0.2) is 4.98 Å². The summed E-state index contributed by atoms with van der Waals surface area (Å²) in [6.45, 7) is 5.06. The highest BCUT2D eigenvalue weighted by Gasteiger charge is 2.06. The second-order valence-electron chi connectivity index (χ2n) is 3.62. The van der Waals surface area contributed by atoms with Crippen LogP contribution in [-0.4, -0.2) is 22.4 Å². The molecule has 84 valence electrons. The third-order valence-corrected chi connectivity index (χ3v) is 2.75. The van der Waals surface area contributed by atoms with Gasteiger partial charge in [0.2, 0.25) is 0 Å². The van der Waals surface area contributed by atoms with Crippen LogP contribution in [-0.2, 0) is 0 Å². The normalized spacial score (nSPS) is 12.5. The molecular formula is C11H18ClN3. The fourth-order valence-corrected chi connectivity index (χ4v) is 1.74. The Morgan fingerprint density at radius 3 is 2.73 bits per heavy atom. The van der Waals surface area contributed by atoms with Gasteiger partial charge >= 0.3 is 0 Å². The van der Waals surface area contributed by atoms with Crippen LogP contribution in [0.15, 0.2) is 12.4 Å². The van der Waals surface area contributed by atoms with Crippen molar-refractivity contribution in [3.05, 3.63) is 18.1 Å². The van der Waals surface area contributed by atoms with Crippen molar-refractivity contribution in [3.63, 3.8) is 0 Å². The highest BCUT2D eigenvalue weighted by molar-refractivity contribution is 6.17. The van der Waals surface area contributed by atoms with Crippen molar-refractivity contribution in [3.8, 4) is 0 Å². The molecule has 0 aliphatic carbocycles. The fourth-order valence-electron chi connectivity index (χ4n) is 1.43.